The number of aromatic nitrogens is 2. The van der Waals surface area contributed by atoms with E-state index in [0.29, 0.717) is 22.5 Å². The number of carbonyl (C=O) groups is 3. The van der Waals surface area contributed by atoms with Crippen LogP contribution in [0.3, 0.4) is 0 Å². The summed E-state index contributed by atoms with van der Waals surface area (Å²) in [7, 11) is 1.12. The fourth-order valence-corrected chi connectivity index (χ4v) is 4.19. The van der Waals surface area contributed by atoms with Crippen molar-refractivity contribution >= 4 is 40.3 Å². The Labute approximate surface area is 231 Å². The average molecular weight is 578 g/mol. The molecule has 1 unspecified atom stereocenters. The van der Waals surface area contributed by atoms with E-state index in [1.165, 1.54) is 37.4 Å². The third kappa shape index (κ3) is 7.29. The Balaban J connectivity index is 1.47. The first-order chi connectivity index (χ1) is 19.4. The summed E-state index contributed by atoms with van der Waals surface area (Å²) in [6, 6.07) is 5.37. The number of guanidine groups is 1. The lowest BCUT2D eigenvalue weighted by atomic mass is 9.98. The van der Waals surface area contributed by atoms with Crippen LogP contribution >= 0.6 is 0 Å². The molecule has 1 aliphatic rings. The monoisotopic (exact) mass is 577 g/mol. The molecule has 11 nitrogen and oxygen atoms in total. The second-order valence-electron chi connectivity index (χ2n) is 9.30. The number of halogens is 4. The van der Waals surface area contributed by atoms with E-state index in [0.717, 1.165) is 13.2 Å². The lowest BCUT2D eigenvalue weighted by molar-refractivity contribution is -0.141. The first kappa shape index (κ1) is 29.3. The first-order valence-corrected chi connectivity index (χ1v) is 12.4. The number of aryl methyl sites for hydroxylation is 1. The molecular weight excluding hydrogens is 550 g/mol. The van der Waals surface area contributed by atoms with Gasteiger partial charge in [0, 0.05) is 10.9 Å². The Morgan fingerprint density at radius 1 is 1.20 bits per heavy atom. The van der Waals surface area contributed by atoms with Crippen molar-refractivity contribution in [2.24, 2.45) is 4.99 Å². The maximum absolute atomic E-state index is 13.4. The van der Waals surface area contributed by atoms with Crippen LogP contribution in [-0.2, 0) is 20.5 Å². The fraction of sp³-hybridized carbons (Fsp3) is 0.346. The number of amides is 2. The second kappa shape index (κ2) is 12.2. The normalized spacial score (nSPS) is 15.9. The zero-order chi connectivity index (χ0) is 29.7. The molecule has 15 heteroatoms. The van der Waals surface area contributed by atoms with E-state index in [2.05, 4.69) is 41.2 Å². The van der Waals surface area contributed by atoms with Crippen LogP contribution in [0.5, 0.6) is 0 Å². The molecule has 3 aromatic rings. The molecule has 0 fully saturated rings. The number of aromatic amines is 1. The van der Waals surface area contributed by atoms with E-state index in [-0.39, 0.29) is 29.8 Å². The molecule has 2 heterocycles. The first-order valence-electron chi connectivity index (χ1n) is 12.4. The van der Waals surface area contributed by atoms with Crippen molar-refractivity contribution in [2.75, 3.05) is 32.1 Å². The van der Waals surface area contributed by atoms with Gasteiger partial charge in [-0.15, -0.1) is 0 Å². The predicted molar refractivity (Wildman–Crippen MR) is 141 cm³/mol. The van der Waals surface area contributed by atoms with Gasteiger partial charge < -0.3 is 26.0 Å². The minimum absolute atomic E-state index is 0.0160. The molecule has 0 saturated heterocycles. The van der Waals surface area contributed by atoms with Gasteiger partial charge in [0.2, 0.25) is 5.91 Å². The van der Waals surface area contributed by atoms with Crippen LogP contribution in [0.25, 0.3) is 10.9 Å². The molecule has 2 aromatic carbocycles. The van der Waals surface area contributed by atoms with Crippen LogP contribution in [0.1, 0.15) is 39.5 Å². The zero-order valence-corrected chi connectivity index (χ0v) is 22.0. The number of nitrogens with zero attached hydrogens (tertiary/aromatic N) is 2. The van der Waals surface area contributed by atoms with Crippen molar-refractivity contribution in [3.8, 4) is 0 Å². The molecule has 41 heavy (non-hydrogen) atoms. The lowest BCUT2D eigenvalue weighted by Gasteiger charge is -2.21. The van der Waals surface area contributed by atoms with Crippen LogP contribution in [-0.4, -0.2) is 66.9 Å². The topological polar surface area (TPSA) is 150 Å². The number of hydrogen-bond donors (Lipinski definition) is 5. The fourth-order valence-electron chi connectivity index (χ4n) is 4.19. The van der Waals surface area contributed by atoms with Gasteiger partial charge in [-0.3, -0.25) is 19.5 Å². The molecule has 1 aliphatic heterocycles. The highest BCUT2D eigenvalue weighted by Gasteiger charge is 2.33. The summed E-state index contributed by atoms with van der Waals surface area (Å²) in [4.78, 5) is 41.7. The van der Waals surface area contributed by atoms with Crippen molar-refractivity contribution in [2.45, 2.75) is 31.7 Å². The van der Waals surface area contributed by atoms with Crippen molar-refractivity contribution in [3.05, 3.63) is 58.8 Å². The predicted octanol–water partition coefficient (Wildman–Crippen LogP) is 2.75. The number of ether oxygens (including phenoxy) is 1. The molecule has 0 bridgehead atoms. The van der Waals surface area contributed by atoms with Gasteiger partial charge in [-0.25, -0.2) is 9.38 Å². The highest BCUT2D eigenvalue weighted by molar-refractivity contribution is 6.07. The Bertz CT molecular complexity index is 1490. The highest BCUT2D eigenvalue weighted by Crippen LogP contribution is 2.34. The van der Waals surface area contributed by atoms with E-state index in [1.54, 1.807) is 0 Å². The number of esters is 1. The smallest absolute Gasteiger partial charge is 0.416 e. The quantitative estimate of drug-likeness (QED) is 0.204. The number of methoxy groups -OCH3 is 1. The highest BCUT2D eigenvalue weighted by atomic mass is 19.4. The number of carbonyl (C=O) groups excluding carboxylic acids is 3. The minimum atomic E-state index is -4.63. The maximum atomic E-state index is 13.4. The number of fused-ring (bicyclic) bond motifs is 1. The van der Waals surface area contributed by atoms with Crippen LogP contribution in [0.15, 0.2) is 41.5 Å². The van der Waals surface area contributed by atoms with E-state index >= 15 is 0 Å². The summed E-state index contributed by atoms with van der Waals surface area (Å²) in [6.07, 6.45) is -4.64. The van der Waals surface area contributed by atoms with Gasteiger partial charge in [-0.05, 0) is 36.2 Å². The van der Waals surface area contributed by atoms with Gasteiger partial charge >= 0.3 is 12.1 Å². The summed E-state index contributed by atoms with van der Waals surface area (Å²) in [6.45, 7) is 0.823. The number of benzene rings is 2. The molecular formula is C26H27F4N7O4. The molecule has 1 aromatic heterocycles. The van der Waals surface area contributed by atoms with Crippen molar-refractivity contribution in [3.63, 3.8) is 0 Å². The summed E-state index contributed by atoms with van der Waals surface area (Å²) in [5.41, 5.74) is 0.236. The summed E-state index contributed by atoms with van der Waals surface area (Å²) < 4.78 is 58.4. The number of H-pyrrole nitrogens is 1. The van der Waals surface area contributed by atoms with Crippen LogP contribution in [0.4, 0.5) is 23.2 Å². The Morgan fingerprint density at radius 3 is 2.66 bits per heavy atom. The summed E-state index contributed by atoms with van der Waals surface area (Å²) >= 11 is 0. The number of hydrogen-bond acceptors (Lipinski definition) is 8. The van der Waals surface area contributed by atoms with Crippen LogP contribution in [0, 0.1) is 6.92 Å². The summed E-state index contributed by atoms with van der Waals surface area (Å²) in [5, 5.41) is 18.1. The average Bonchev–Trinajstić information content (AvgIpc) is 3.41. The Kier molecular flexibility index (Phi) is 8.74. The van der Waals surface area contributed by atoms with E-state index in [1.807, 2.05) is 0 Å². The SMILES string of the molecule is COC(=O)C[C@H](NC(=O)CNC(=O)c1cc(NC2=NCC(F)CN2)c2cn[nH]c2c1)c1ccc(C)c(C(F)(F)F)c1. The lowest BCUT2D eigenvalue weighted by Crippen LogP contribution is -2.41. The molecule has 2 amide bonds. The molecule has 0 radical (unpaired) electrons. The number of anilines is 1. The number of nitrogens with one attached hydrogen (secondary N) is 5. The largest absolute Gasteiger partial charge is 0.469 e. The van der Waals surface area contributed by atoms with Crippen LogP contribution in [0.2, 0.25) is 0 Å². The third-order valence-electron chi connectivity index (χ3n) is 6.33. The number of rotatable bonds is 8. The maximum Gasteiger partial charge on any atom is 0.416 e. The standard InChI is InChI=1S/C26H27F4N7O4/c1-13-3-4-14(5-18(13)26(28,29)30)19(8-23(39)41-2)35-22(38)12-31-24(40)15-6-20(17-11-34-37-21(17)7-15)36-25-32-9-16(27)10-33-25/h3-7,11,16,19H,8-10,12H2,1-2H3,(H,31,40)(H,34,37)(H,35,38)(H2,32,33,36)/t19-/m0/s1. The molecule has 0 saturated carbocycles. The number of alkyl halides is 4. The Hall–Kier alpha value is -4.69. The molecule has 4 rings (SSSR count). The van der Waals surface area contributed by atoms with E-state index in [4.69, 9.17) is 0 Å². The van der Waals surface area contributed by atoms with Gasteiger partial charge in [0.1, 0.15) is 6.17 Å². The van der Waals surface area contributed by atoms with Gasteiger partial charge in [-0.2, -0.15) is 18.3 Å². The van der Waals surface area contributed by atoms with Gasteiger partial charge in [-0.1, -0.05) is 12.1 Å². The van der Waals surface area contributed by atoms with Crippen LogP contribution < -0.4 is 21.3 Å². The van der Waals surface area contributed by atoms with Gasteiger partial charge in [0.05, 0.1) is 62.2 Å². The molecule has 218 valence electrons. The van der Waals surface area contributed by atoms with Crippen molar-refractivity contribution in [1.29, 1.82) is 0 Å². The van der Waals surface area contributed by atoms with Gasteiger partial charge in [0.25, 0.3) is 5.91 Å². The number of aliphatic imine (C=N–C) groups is 1. The van der Waals surface area contributed by atoms with E-state index < -0.39 is 54.7 Å². The Morgan fingerprint density at radius 2 is 1.98 bits per heavy atom. The van der Waals surface area contributed by atoms with Crippen molar-refractivity contribution in [1.82, 2.24) is 26.1 Å². The summed E-state index contributed by atoms with van der Waals surface area (Å²) in [5.74, 6) is -1.81. The molecule has 2 atom stereocenters. The minimum Gasteiger partial charge on any atom is -0.469 e. The molecule has 5 N–H and O–H groups in total. The van der Waals surface area contributed by atoms with Gasteiger partial charge in [0.15, 0.2) is 5.96 Å². The zero-order valence-electron chi connectivity index (χ0n) is 22.0. The molecule has 0 spiro atoms. The van der Waals surface area contributed by atoms with Crippen molar-refractivity contribution < 1.29 is 36.7 Å². The van der Waals surface area contributed by atoms with E-state index in [9.17, 15) is 31.9 Å². The molecule has 0 aliphatic carbocycles. The second-order valence-corrected chi connectivity index (χ2v) is 9.30. The third-order valence-corrected chi connectivity index (χ3v) is 6.33.